The summed E-state index contributed by atoms with van der Waals surface area (Å²) in [4.78, 5) is 0. The van der Waals surface area contributed by atoms with Gasteiger partial charge in [0.25, 0.3) is 0 Å². The van der Waals surface area contributed by atoms with Gasteiger partial charge in [0.2, 0.25) is 9.05 Å². The maximum atomic E-state index is 11.0. The summed E-state index contributed by atoms with van der Waals surface area (Å²) < 4.78 is 27.2. The number of rotatable bonds is 4. The van der Waals surface area contributed by atoms with Crippen LogP contribution in [0.25, 0.3) is 0 Å². The number of hydrogen-bond donors (Lipinski definition) is 0. The van der Waals surface area contributed by atoms with Crippen LogP contribution in [0.15, 0.2) is 18.2 Å². The Balaban J connectivity index is 3.04. The van der Waals surface area contributed by atoms with Crippen molar-refractivity contribution in [1.29, 1.82) is 0 Å². The molecule has 0 aliphatic carbocycles. The first-order valence-corrected chi connectivity index (χ1v) is 8.21. The molecular weight excluding hydrogens is 272 g/mol. The molecule has 0 aliphatic heterocycles. The van der Waals surface area contributed by atoms with Crippen LogP contribution in [0.4, 0.5) is 0 Å². The monoisotopic (exact) mass is 290 g/mol. The quantitative estimate of drug-likeness (QED) is 0.800. The first-order valence-electron chi connectivity index (χ1n) is 5.73. The minimum Gasteiger partial charge on any atom is -0.496 e. The van der Waals surface area contributed by atoms with Crippen molar-refractivity contribution < 1.29 is 13.2 Å². The fourth-order valence-electron chi connectivity index (χ4n) is 1.74. The Morgan fingerprint density at radius 1 is 1.28 bits per heavy atom. The summed E-state index contributed by atoms with van der Waals surface area (Å²) in [5.74, 6) is 0.768. The predicted octanol–water partition coefficient (Wildman–Crippen LogP) is 3.10. The van der Waals surface area contributed by atoms with Gasteiger partial charge in [0, 0.05) is 10.7 Å². The Morgan fingerprint density at radius 2 is 1.89 bits per heavy atom. The SMILES string of the molecule is COc1ccc(CCS(=O)(=O)Cl)cc1C(C)(C)C. The molecule has 0 radical (unpaired) electrons. The molecular formula is C13H19ClO3S. The van der Waals surface area contributed by atoms with Crippen molar-refractivity contribution in [2.75, 3.05) is 12.9 Å². The lowest BCUT2D eigenvalue weighted by atomic mass is 9.85. The summed E-state index contributed by atoms with van der Waals surface area (Å²) in [6, 6.07) is 5.73. The van der Waals surface area contributed by atoms with Gasteiger partial charge in [0.05, 0.1) is 12.9 Å². The molecule has 0 saturated carbocycles. The number of halogens is 1. The van der Waals surface area contributed by atoms with Gasteiger partial charge in [-0.15, -0.1) is 0 Å². The minimum atomic E-state index is -3.45. The van der Waals surface area contributed by atoms with E-state index in [9.17, 15) is 8.42 Å². The molecule has 0 heterocycles. The second-order valence-corrected chi connectivity index (χ2v) is 8.17. The first-order chi connectivity index (χ1) is 8.13. The highest BCUT2D eigenvalue weighted by Crippen LogP contribution is 2.32. The van der Waals surface area contributed by atoms with Crippen molar-refractivity contribution in [3.8, 4) is 5.75 Å². The van der Waals surface area contributed by atoms with Crippen LogP contribution in [0.3, 0.4) is 0 Å². The summed E-state index contributed by atoms with van der Waals surface area (Å²) in [5.41, 5.74) is 1.96. The average molecular weight is 291 g/mol. The molecule has 0 aromatic heterocycles. The maximum absolute atomic E-state index is 11.0. The highest BCUT2D eigenvalue weighted by molar-refractivity contribution is 8.13. The molecule has 5 heteroatoms. The highest BCUT2D eigenvalue weighted by atomic mass is 35.7. The lowest BCUT2D eigenvalue weighted by Gasteiger charge is -2.22. The molecule has 0 aliphatic rings. The lowest BCUT2D eigenvalue weighted by molar-refractivity contribution is 0.397. The minimum absolute atomic E-state index is 0.0511. The molecule has 0 saturated heterocycles. The molecule has 0 fully saturated rings. The van der Waals surface area contributed by atoms with Gasteiger partial charge >= 0.3 is 0 Å². The maximum Gasteiger partial charge on any atom is 0.232 e. The molecule has 1 aromatic carbocycles. The van der Waals surface area contributed by atoms with Crippen LogP contribution >= 0.6 is 10.7 Å². The van der Waals surface area contributed by atoms with E-state index in [0.29, 0.717) is 6.42 Å². The van der Waals surface area contributed by atoms with Crippen molar-refractivity contribution in [3.05, 3.63) is 29.3 Å². The van der Waals surface area contributed by atoms with Crippen LogP contribution in [0.1, 0.15) is 31.9 Å². The summed E-state index contributed by atoms with van der Waals surface area (Å²) >= 11 is 0. The normalized spacial score (nSPS) is 12.5. The van der Waals surface area contributed by atoms with E-state index in [2.05, 4.69) is 20.8 Å². The topological polar surface area (TPSA) is 43.4 Å². The van der Waals surface area contributed by atoms with Crippen LogP contribution in [0, 0.1) is 0 Å². The third-order valence-corrected chi connectivity index (χ3v) is 3.86. The van der Waals surface area contributed by atoms with E-state index in [4.69, 9.17) is 15.4 Å². The van der Waals surface area contributed by atoms with Gasteiger partial charge < -0.3 is 4.74 Å². The van der Waals surface area contributed by atoms with E-state index in [-0.39, 0.29) is 11.2 Å². The molecule has 0 spiro atoms. The van der Waals surface area contributed by atoms with Gasteiger partial charge in [-0.05, 0) is 29.0 Å². The van der Waals surface area contributed by atoms with Crippen LogP contribution in [-0.4, -0.2) is 21.3 Å². The van der Waals surface area contributed by atoms with E-state index < -0.39 is 9.05 Å². The van der Waals surface area contributed by atoms with Gasteiger partial charge in [-0.25, -0.2) is 8.42 Å². The van der Waals surface area contributed by atoms with Crippen molar-refractivity contribution in [1.82, 2.24) is 0 Å². The molecule has 102 valence electrons. The molecule has 0 atom stereocenters. The van der Waals surface area contributed by atoms with Crippen molar-refractivity contribution >= 4 is 19.7 Å². The first kappa shape index (κ1) is 15.3. The van der Waals surface area contributed by atoms with Crippen molar-refractivity contribution in [2.24, 2.45) is 0 Å². The summed E-state index contributed by atoms with van der Waals surface area (Å²) in [6.45, 7) is 6.27. The Labute approximate surface area is 114 Å². The van der Waals surface area contributed by atoms with E-state index in [1.807, 2.05) is 18.2 Å². The van der Waals surface area contributed by atoms with Crippen LogP contribution in [-0.2, 0) is 20.9 Å². The van der Waals surface area contributed by atoms with E-state index >= 15 is 0 Å². The summed E-state index contributed by atoms with van der Waals surface area (Å²) in [5, 5.41) is 0. The molecule has 18 heavy (non-hydrogen) atoms. The van der Waals surface area contributed by atoms with Gasteiger partial charge in [-0.1, -0.05) is 32.9 Å². The van der Waals surface area contributed by atoms with Crippen molar-refractivity contribution in [2.45, 2.75) is 32.6 Å². The number of aryl methyl sites for hydroxylation is 1. The predicted molar refractivity (Wildman–Crippen MR) is 75.0 cm³/mol. The van der Waals surface area contributed by atoms with Crippen LogP contribution in [0.5, 0.6) is 5.75 Å². The zero-order valence-electron chi connectivity index (χ0n) is 11.2. The van der Waals surface area contributed by atoms with E-state index in [1.165, 1.54) is 0 Å². The number of methoxy groups -OCH3 is 1. The largest absolute Gasteiger partial charge is 0.496 e. The molecule has 0 bridgehead atoms. The Bertz CT molecular complexity index is 516. The fourth-order valence-corrected chi connectivity index (χ4v) is 2.45. The lowest BCUT2D eigenvalue weighted by Crippen LogP contribution is -2.13. The second kappa shape index (κ2) is 5.49. The second-order valence-electron chi connectivity index (χ2n) is 5.28. The van der Waals surface area contributed by atoms with Gasteiger partial charge in [0.1, 0.15) is 5.75 Å². The molecule has 3 nitrogen and oxygen atoms in total. The zero-order chi connectivity index (χ0) is 14.0. The van der Waals surface area contributed by atoms with E-state index in [0.717, 1.165) is 16.9 Å². The van der Waals surface area contributed by atoms with Gasteiger partial charge in [-0.3, -0.25) is 0 Å². The molecule has 0 unspecified atom stereocenters. The Hall–Kier alpha value is -0.740. The fraction of sp³-hybridized carbons (Fsp3) is 0.538. The van der Waals surface area contributed by atoms with Crippen molar-refractivity contribution in [3.63, 3.8) is 0 Å². The number of benzene rings is 1. The van der Waals surface area contributed by atoms with Gasteiger partial charge in [0.15, 0.2) is 0 Å². The highest BCUT2D eigenvalue weighted by Gasteiger charge is 2.19. The molecule has 1 aromatic rings. The average Bonchev–Trinajstić information content (AvgIpc) is 2.24. The summed E-state index contributed by atoms with van der Waals surface area (Å²) in [6.07, 6.45) is 0.416. The molecule has 1 rings (SSSR count). The Kier molecular flexibility index (Phi) is 4.67. The van der Waals surface area contributed by atoms with Crippen LogP contribution < -0.4 is 4.74 Å². The van der Waals surface area contributed by atoms with E-state index in [1.54, 1.807) is 7.11 Å². The van der Waals surface area contributed by atoms with Crippen LogP contribution in [0.2, 0.25) is 0 Å². The standard InChI is InChI=1S/C13H19ClO3S/c1-13(2,3)11-9-10(5-6-12(11)17-4)7-8-18(14,15)16/h5-6,9H,7-8H2,1-4H3. The zero-order valence-corrected chi connectivity index (χ0v) is 12.7. The number of ether oxygens (including phenoxy) is 1. The smallest absolute Gasteiger partial charge is 0.232 e. The number of hydrogen-bond acceptors (Lipinski definition) is 3. The molecule has 0 N–H and O–H groups in total. The third kappa shape index (κ3) is 4.50. The third-order valence-electron chi connectivity index (χ3n) is 2.71. The summed E-state index contributed by atoms with van der Waals surface area (Å²) in [7, 11) is 3.41. The van der Waals surface area contributed by atoms with Gasteiger partial charge in [-0.2, -0.15) is 0 Å². The Morgan fingerprint density at radius 3 is 2.33 bits per heavy atom. The molecule has 0 amide bonds.